The van der Waals surface area contributed by atoms with Gasteiger partial charge in [0.2, 0.25) is 6.79 Å². The molecule has 104 valence electrons. The van der Waals surface area contributed by atoms with E-state index in [2.05, 4.69) is 5.32 Å². The third kappa shape index (κ3) is 2.30. The highest BCUT2D eigenvalue weighted by Crippen LogP contribution is 2.37. The van der Waals surface area contributed by atoms with Crippen LogP contribution in [0.1, 0.15) is 11.1 Å². The average molecular weight is 273 g/mol. The molecule has 2 aromatic carbocycles. The predicted octanol–water partition coefficient (Wildman–Crippen LogP) is 2.75. The second kappa shape index (κ2) is 4.85. The van der Waals surface area contributed by atoms with Gasteiger partial charge in [-0.1, -0.05) is 0 Å². The normalized spacial score (nSPS) is 12.4. The minimum atomic E-state index is 0.164. The third-order valence-corrected chi connectivity index (χ3v) is 3.25. The summed E-state index contributed by atoms with van der Waals surface area (Å²) in [5.41, 5.74) is 2.39. The van der Waals surface area contributed by atoms with Crippen molar-refractivity contribution in [3.05, 3.63) is 41.5 Å². The van der Waals surface area contributed by atoms with Crippen molar-refractivity contribution in [2.75, 3.05) is 12.1 Å². The van der Waals surface area contributed by atoms with Crippen LogP contribution >= 0.6 is 0 Å². The lowest BCUT2D eigenvalue weighted by Crippen LogP contribution is -2.00. The van der Waals surface area contributed by atoms with E-state index in [0.717, 1.165) is 16.8 Å². The van der Waals surface area contributed by atoms with E-state index >= 15 is 0 Å². The van der Waals surface area contributed by atoms with Gasteiger partial charge < -0.3 is 25.0 Å². The molecule has 0 bridgehead atoms. The zero-order valence-corrected chi connectivity index (χ0v) is 11.0. The van der Waals surface area contributed by atoms with Crippen LogP contribution in [0.4, 0.5) is 5.69 Å². The van der Waals surface area contributed by atoms with Crippen molar-refractivity contribution in [1.29, 1.82) is 0 Å². The Morgan fingerprint density at radius 1 is 1.05 bits per heavy atom. The smallest absolute Gasteiger partial charge is 0.231 e. The summed E-state index contributed by atoms with van der Waals surface area (Å²) in [7, 11) is 0. The number of hydrogen-bond acceptors (Lipinski definition) is 5. The second-order valence-electron chi connectivity index (χ2n) is 4.69. The Morgan fingerprint density at radius 3 is 2.55 bits per heavy atom. The molecule has 20 heavy (non-hydrogen) atoms. The molecule has 0 unspecified atom stereocenters. The van der Waals surface area contributed by atoms with E-state index in [9.17, 15) is 10.2 Å². The van der Waals surface area contributed by atoms with Gasteiger partial charge in [-0.2, -0.15) is 0 Å². The molecule has 5 nitrogen and oxygen atoms in total. The Hall–Kier alpha value is -2.56. The predicted molar refractivity (Wildman–Crippen MR) is 74.4 cm³/mol. The molecule has 0 saturated carbocycles. The van der Waals surface area contributed by atoms with Gasteiger partial charge in [0.05, 0.1) is 0 Å². The molecule has 0 saturated heterocycles. The van der Waals surface area contributed by atoms with Crippen LogP contribution in [0.2, 0.25) is 0 Å². The number of nitrogens with one attached hydrogen (secondary N) is 1. The largest absolute Gasteiger partial charge is 0.508 e. The van der Waals surface area contributed by atoms with Gasteiger partial charge in [0.25, 0.3) is 0 Å². The second-order valence-corrected chi connectivity index (χ2v) is 4.69. The van der Waals surface area contributed by atoms with Gasteiger partial charge in [-0.05, 0) is 36.8 Å². The van der Waals surface area contributed by atoms with Crippen molar-refractivity contribution in [3.63, 3.8) is 0 Å². The maximum absolute atomic E-state index is 9.94. The standard InChI is InChI=1S/C15H15NO4/c1-9-4-11(2-3-12(9)17)16-7-10-5-14-15(6-13(10)18)20-8-19-14/h2-6,16-18H,7-8H2,1H3. The van der Waals surface area contributed by atoms with Gasteiger partial charge in [0.1, 0.15) is 11.5 Å². The Morgan fingerprint density at radius 2 is 1.80 bits per heavy atom. The van der Waals surface area contributed by atoms with Gasteiger partial charge in [0.15, 0.2) is 11.5 Å². The topological polar surface area (TPSA) is 71.0 Å². The summed E-state index contributed by atoms with van der Waals surface area (Å²) in [6.07, 6.45) is 0. The molecule has 0 amide bonds. The molecule has 0 aliphatic carbocycles. The summed E-state index contributed by atoms with van der Waals surface area (Å²) in [5, 5.41) is 22.6. The van der Waals surface area contributed by atoms with Crippen molar-refractivity contribution in [3.8, 4) is 23.0 Å². The highest BCUT2D eigenvalue weighted by Gasteiger charge is 2.16. The third-order valence-electron chi connectivity index (χ3n) is 3.25. The Bertz CT molecular complexity index is 655. The number of rotatable bonds is 3. The molecule has 5 heteroatoms. The molecule has 3 N–H and O–H groups in total. The zero-order valence-electron chi connectivity index (χ0n) is 11.0. The maximum atomic E-state index is 9.94. The summed E-state index contributed by atoms with van der Waals surface area (Å²) in [6, 6.07) is 8.59. The van der Waals surface area contributed by atoms with Crippen molar-refractivity contribution < 1.29 is 19.7 Å². The Kier molecular flexibility index (Phi) is 3.02. The van der Waals surface area contributed by atoms with Crippen LogP contribution in [-0.2, 0) is 6.54 Å². The van der Waals surface area contributed by atoms with Crippen LogP contribution in [0.3, 0.4) is 0 Å². The molecule has 3 rings (SSSR count). The number of ether oxygens (including phenoxy) is 2. The first-order valence-electron chi connectivity index (χ1n) is 6.28. The molecule has 0 aromatic heterocycles. The number of aryl methyl sites for hydroxylation is 1. The van der Waals surface area contributed by atoms with Gasteiger partial charge in [-0.25, -0.2) is 0 Å². The van der Waals surface area contributed by atoms with Crippen molar-refractivity contribution >= 4 is 5.69 Å². The first-order valence-corrected chi connectivity index (χ1v) is 6.28. The van der Waals surface area contributed by atoms with Gasteiger partial charge >= 0.3 is 0 Å². The molecule has 1 aliphatic rings. The van der Waals surface area contributed by atoms with E-state index in [0.29, 0.717) is 18.0 Å². The number of phenols is 2. The number of fused-ring (bicyclic) bond motifs is 1. The summed E-state index contributed by atoms with van der Waals surface area (Å²) in [4.78, 5) is 0. The van der Waals surface area contributed by atoms with E-state index < -0.39 is 0 Å². The molecule has 0 radical (unpaired) electrons. The maximum Gasteiger partial charge on any atom is 0.231 e. The molecule has 1 aliphatic heterocycles. The van der Waals surface area contributed by atoms with E-state index in [4.69, 9.17) is 9.47 Å². The lowest BCUT2D eigenvalue weighted by atomic mass is 10.1. The summed E-state index contributed by atoms with van der Waals surface area (Å²) in [6.45, 7) is 2.47. The monoisotopic (exact) mass is 273 g/mol. The number of aromatic hydroxyl groups is 2. The van der Waals surface area contributed by atoms with Crippen LogP contribution in [-0.4, -0.2) is 17.0 Å². The molecule has 0 fully saturated rings. The average Bonchev–Trinajstić information content (AvgIpc) is 2.87. The molecule has 0 spiro atoms. The Balaban J connectivity index is 1.76. The van der Waals surface area contributed by atoms with Gasteiger partial charge in [-0.15, -0.1) is 0 Å². The fraction of sp³-hybridized carbons (Fsp3) is 0.200. The van der Waals surface area contributed by atoms with E-state index in [1.807, 2.05) is 13.0 Å². The Labute approximate surface area is 116 Å². The van der Waals surface area contributed by atoms with E-state index in [1.54, 1.807) is 24.3 Å². The van der Waals surface area contributed by atoms with Gasteiger partial charge in [0, 0.05) is 23.9 Å². The molecular formula is C15H15NO4. The molecular weight excluding hydrogens is 258 g/mol. The fourth-order valence-electron chi connectivity index (χ4n) is 2.08. The first-order chi connectivity index (χ1) is 9.63. The van der Waals surface area contributed by atoms with Crippen LogP contribution in [0.5, 0.6) is 23.0 Å². The van der Waals surface area contributed by atoms with Crippen LogP contribution < -0.4 is 14.8 Å². The van der Waals surface area contributed by atoms with Crippen LogP contribution in [0, 0.1) is 6.92 Å². The SMILES string of the molecule is Cc1cc(NCc2cc3c(cc2O)OCO3)ccc1O. The van der Waals surface area contributed by atoms with Crippen molar-refractivity contribution in [2.45, 2.75) is 13.5 Å². The highest BCUT2D eigenvalue weighted by molar-refractivity contribution is 5.54. The number of phenolic OH excluding ortho intramolecular Hbond substituents is 2. The van der Waals surface area contributed by atoms with Crippen LogP contribution in [0.25, 0.3) is 0 Å². The number of hydrogen-bond donors (Lipinski definition) is 3. The van der Waals surface area contributed by atoms with Crippen molar-refractivity contribution in [2.24, 2.45) is 0 Å². The lowest BCUT2D eigenvalue weighted by Gasteiger charge is -2.10. The summed E-state index contributed by atoms with van der Waals surface area (Å²) in [5.74, 6) is 1.63. The van der Waals surface area contributed by atoms with E-state index in [-0.39, 0.29) is 18.3 Å². The lowest BCUT2D eigenvalue weighted by molar-refractivity contribution is 0.174. The van der Waals surface area contributed by atoms with Gasteiger partial charge in [-0.3, -0.25) is 0 Å². The van der Waals surface area contributed by atoms with Crippen LogP contribution in [0.15, 0.2) is 30.3 Å². The number of benzene rings is 2. The van der Waals surface area contributed by atoms with Crippen molar-refractivity contribution in [1.82, 2.24) is 0 Å². The minimum absolute atomic E-state index is 0.164. The first kappa shape index (κ1) is 12.5. The highest BCUT2D eigenvalue weighted by atomic mass is 16.7. The molecule has 0 atom stereocenters. The minimum Gasteiger partial charge on any atom is -0.508 e. The molecule has 1 heterocycles. The summed E-state index contributed by atoms with van der Waals surface area (Å²) >= 11 is 0. The fourth-order valence-corrected chi connectivity index (χ4v) is 2.08. The zero-order chi connectivity index (χ0) is 14.1. The molecule has 2 aromatic rings. The summed E-state index contributed by atoms with van der Waals surface area (Å²) < 4.78 is 10.5. The number of anilines is 1. The van der Waals surface area contributed by atoms with E-state index in [1.165, 1.54) is 0 Å². The quantitative estimate of drug-likeness (QED) is 0.750.